The third kappa shape index (κ3) is 3.74. The summed E-state index contributed by atoms with van der Waals surface area (Å²) in [6.45, 7) is 2.38. The van der Waals surface area contributed by atoms with Crippen molar-refractivity contribution in [1.82, 2.24) is 14.2 Å². The molecule has 0 fully saturated rings. The maximum Gasteiger partial charge on any atom is 0.351 e. The molecular formula is C28H22N4O2. The fourth-order valence-corrected chi connectivity index (χ4v) is 4.10. The average molecular weight is 447 g/mol. The predicted octanol–water partition coefficient (Wildman–Crippen LogP) is 5.07. The highest BCUT2D eigenvalue weighted by atomic mass is 16.5. The monoisotopic (exact) mass is 446 g/mol. The fraction of sp³-hybridized carbons (Fsp3) is 0.107. The number of ether oxygens (including phenoxy) is 1. The molecule has 0 unspecified atom stereocenters. The van der Waals surface area contributed by atoms with Crippen LogP contribution in [0.4, 0.5) is 0 Å². The molecule has 166 valence electrons. The number of hydrogen-bond acceptors (Lipinski definition) is 4. The summed E-state index contributed by atoms with van der Waals surface area (Å²) in [4.78, 5) is 13.7. The zero-order valence-corrected chi connectivity index (χ0v) is 18.9. The highest BCUT2D eigenvalue weighted by Gasteiger charge is 2.21. The van der Waals surface area contributed by atoms with Gasteiger partial charge in [0.25, 0.3) is 0 Å². The van der Waals surface area contributed by atoms with Gasteiger partial charge in [-0.3, -0.25) is 0 Å². The zero-order chi connectivity index (χ0) is 23.7. The predicted molar refractivity (Wildman–Crippen MR) is 132 cm³/mol. The van der Waals surface area contributed by atoms with Crippen molar-refractivity contribution in [3.05, 3.63) is 112 Å². The number of nitriles is 1. The minimum Gasteiger partial charge on any atom is -0.493 e. The highest BCUT2D eigenvalue weighted by Crippen LogP contribution is 2.36. The molecule has 5 aromatic rings. The second-order valence-electron chi connectivity index (χ2n) is 8.12. The number of aryl methyl sites for hydroxylation is 1. The molecule has 6 heteroatoms. The first-order valence-corrected chi connectivity index (χ1v) is 10.9. The van der Waals surface area contributed by atoms with E-state index >= 15 is 0 Å². The van der Waals surface area contributed by atoms with Crippen molar-refractivity contribution >= 4 is 5.65 Å². The maximum absolute atomic E-state index is 13.7. The quantitative estimate of drug-likeness (QED) is 0.378. The Morgan fingerprint density at radius 2 is 1.62 bits per heavy atom. The highest BCUT2D eigenvalue weighted by molar-refractivity contribution is 5.85. The molecule has 0 N–H and O–H groups in total. The molecule has 0 aliphatic heterocycles. The van der Waals surface area contributed by atoms with Crippen molar-refractivity contribution in [3.8, 4) is 34.2 Å². The minimum atomic E-state index is -0.247. The molecule has 0 saturated carbocycles. The number of aromatic nitrogens is 3. The molecule has 0 amide bonds. The summed E-state index contributed by atoms with van der Waals surface area (Å²) >= 11 is 0. The molecule has 0 saturated heterocycles. The molecule has 34 heavy (non-hydrogen) atoms. The average Bonchev–Trinajstić information content (AvgIpc) is 3.20. The molecule has 5 rings (SSSR count). The Morgan fingerprint density at radius 1 is 0.941 bits per heavy atom. The van der Waals surface area contributed by atoms with E-state index in [1.807, 2.05) is 79.7 Å². The van der Waals surface area contributed by atoms with Gasteiger partial charge in [0.2, 0.25) is 5.65 Å². The first kappa shape index (κ1) is 21.2. The van der Waals surface area contributed by atoms with Crippen LogP contribution in [0, 0.1) is 18.3 Å². The minimum absolute atomic E-state index is 0.247. The summed E-state index contributed by atoms with van der Waals surface area (Å²) < 4.78 is 8.77. The molecule has 0 spiro atoms. The van der Waals surface area contributed by atoms with Gasteiger partial charge in [0.1, 0.15) is 0 Å². The lowest BCUT2D eigenvalue weighted by Crippen LogP contribution is -2.23. The fourth-order valence-electron chi connectivity index (χ4n) is 4.10. The molecule has 0 radical (unpaired) electrons. The molecule has 0 aliphatic carbocycles. The van der Waals surface area contributed by atoms with Crippen LogP contribution in [0.2, 0.25) is 0 Å². The van der Waals surface area contributed by atoms with Gasteiger partial charge in [-0.05, 0) is 41.8 Å². The van der Waals surface area contributed by atoms with Gasteiger partial charge in [0, 0.05) is 5.56 Å². The van der Waals surface area contributed by atoms with Gasteiger partial charge in [-0.25, -0.2) is 13.9 Å². The lowest BCUT2D eigenvalue weighted by Gasteiger charge is -2.15. The molecule has 0 aliphatic rings. The summed E-state index contributed by atoms with van der Waals surface area (Å²) in [5, 5.41) is 13.9. The molecule has 0 bridgehead atoms. The molecule has 6 nitrogen and oxygen atoms in total. The van der Waals surface area contributed by atoms with Gasteiger partial charge in [0.15, 0.2) is 5.75 Å². The number of benzene rings is 3. The van der Waals surface area contributed by atoms with Crippen LogP contribution in [0.5, 0.6) is 5.75 Å². The smallest absolute Gasteiger partial charge is 0.351 e. The zero-order valence-electron chi connectivity index (χ0n) is 18.9. The van der Waals surface area contributed by atoms with Gasteiger partial charge in [0.05, 0.1) is 31.0 Å². The molecule has 3 aromatic carbocycles. The van der Waals surface area contributed by atoms with E-state index in [1.165, 1.54) is 4.68 Å². The van der Waals surface area contributed by atoms with Gasteiger partial charge in [-0.15, -0.1) is 5.10 Å². The van der Waals surface area contributed by atoms with Crippen molar-refractivity contribution < 1.29 is 4.74 Å². The van der Waals surface area contributed by atoms with Crippen LogP contribution < -0.4 is 10.4 Å². The number of pyridine rings is 1. The van der Waals surface area contributed by atoms with Gasteiger partial charge in [-0.2, -0.15) is 5.26 Å². The van der Waals surface area contributed by atoms with Crippen LogP contribution in [0.15, 0.2) is 89.7 Å². The topological polar surface area (TPSA) is 72.3 Å². The summed E-state index contributed by atoms with van der Waals surface area (Å²) in [7, 11) is 1.57. The van der Waals surface area contributed by atoms with Crippen molar-refractivity contribution in [1.29, 1.82) is 5.26 Å². The second kappa shape index (κ2) is 8.72. The van der Waals surface area contributed by atoms with E-state index in [9.17, 15) is 10.1 Å². The largest absolute Gasteiger partial charge is 0.493 e. The summed E-state index contributed by atoms with van der Waals surface area (Å²) in [6, 6.07) is 29.2. The van der Waals surface area contributed by atoms with E-state index in [0.29, 0.717) is 23.5 Å². The van der Waals surface area contributed by atoms with Crippen LogP contribution in [0.25, 0.3) is 28.0 Å². The lowest BCUT2D eigenvalue weighted by molar-refractivity contribution is 0.417. The Labute approximate surface area is 196 Å². The van der Waals surface area contributed by atoms with E-state index in [-0.39, 0.29) is 5.69 Å². The Balaban J connectivity index is 1.82. The second-order valence-corrected chi connectivity index (χ2v) is 8.12. The third-order valence-electron chi connectivity index (χ3n) is 5.86. The number of rotatable bonds is 5. The van der Waals surface area contributed by atoms with E-state index in [0.717, 1.165) is 33.5 Å². The number of nitrogens with zero attached hydrogens (tertiary/aromatic N) is 4. The van der Waals surface area contributed by atoms with Crippen molar-refractivity contribution in [2.24, 2.45) is 0 Å². The van der Waals surface area contributed by atoms with Crippen molar-refractivity contribution in [2.45, 2.75) is 13.5 Å². The molecule has 2 aromatic heterocycles. The van der Waals surface area contributed by atoms with E-state index in [1.54, 1.807) is 23.6 Å². The van der Waals surface area contributed by atoms with Crippen LogP contribution in [-0.4, -0.2) is 21.3 Å². The Morgan fingerprint density at radius 3 is 2.26 bits per heavy atom. The molecular weight excluding hydrogens is 424 g/mol. The lowest BCUT2D eigenvalue weighted by atomic mass is 9.97. The first-order valence-electron chi connectivity index (χ1n) is 10.9. The Hall–Kier alpha value is -4.63. The SMILES string of the molecule is COc1cc(-c2ccc(C#N)cc2)c(-c2ccc(C)cc2)n2c(=O)n(Cc3ccccc3)nc12. The summed E-state index contributed by atoms with van der Waals surface area (Å²) in [5.74, 6) is 0.499. The number of fused-ring (bicyclic) bond motifs is 1. The van der Waals surface area contributed by atoms with Gasteiger partial charge < -0.3 is 4.74 Å². The third-order valence-corrected chi connectivity index (χ3v) is 5.86. The van der Waals surface area contributed by atoms with Gasteiger partial charge >= 0.3 is 5.69 Å². The van der Waals surface area contributed by atoms with Gasteiger partial charge in [-0.1, -0.05) is 72.3 Å². The normalized spacial score (nSPS) is 10.9. The summed E-state index contributed by atoms with van der Waals surface area (Å²) in [5.41, 5.74) is 6.19. The van der Waals surface area contributed by atoms with E-state index < -0.39 is 0 Å². The Bertz CT molecular complexity index is 1570. The van der Waals surface area contributed by atoms with E-state index in [2.05, 4.69) is 11.2 Å². The van der Waals surface area contributed by atoms with Crippen LogP contribution in [0.1, 0.15) is 16.7 Å². The molecule has 0 atom stereocenters. The maximum atomic E-state index is 13.7. The van der Waals surface area contributed by atoms with E-state index in [4.69, 9.17) is 4.74 Å². The van der Waals surface area contributed by atoms with Crippen LogP contribution in [0.3, 0.4) is 0 Å². The van der Waals surface area contributed by atoms with Crippen molar-refractivity contribution in [3.63, 3.8) is 0 Å². The van der Waals surface area contributed by atoms with Crippen molar-refractivity contribution in [2.75, 3.05) is 7.11 Å². The Kier molecular flexibility index (Phi) is 5.44. The molecule has 2 heterocycles. The summed E-state index contributed by atoms with van der Waals surface area (Å²) in [6.07, 6.45) is 0. The standard InChI is InChI=1S/C28H22N4O2/c1-19-8-12-23(13-9-19)26-24(22-14-10-20(17-29)11-15-22)16-25(34-2)27-30-31(28(33)32(26)27)18-21-6-4-3-5-7-21/h3-16H,18H2,1-2H3. The van der Waals surface area contributed by atoms with Crippen LogP contribution in [-0.2, 0) is 6.54 Å². The van der Waals surface area contributed by atoms with Crippen LogP contribution >= 0.6 is 0 Å². The number of methoxy groups -OCH3 is 1. The number of hydrogen-bond donors (Lipinski definition) is 0. The first-order chi connectivity index (χ1) is 16.6.